The molecule has 1 heterocycles. The second-order valence-corrected chi connectivity index (χ2v) is 7.22. The van der Waals surface area contributed by atoms with Crippen molar-refractivity contribution in [1.82, 2.24) is 15.1 Å². The molecule has 138 valence electrons. The van der Waals surface area contributed by atoms with Crippen molar-refractivity contribution in [3.05, 3.63) is 64.7 Å². The summed E-state index contributed by atoms with van der Waals surface area (Å²) < 4.78 is 5.18. The van der Waals surface area contributed by atoms with Gasteiger partial charge in [0.05, 0.1) is 7.11 Å². The number of thiocarbonyl (C=S) groups is 1. The van der Waals surface area contributed by atoms with E-state index in [9.17, 15) is 0 Å². The second-order valence-electron chi connectivity index (χ2n) is 6.40. The number of methoxy groups -OCH3 is 1. The number of rotatable bonds is 5. The van der Waals surface area contributed by atoms with Crippen LogP contribution >= 0.6 is 23.8 Å². The summed E-state index contributed by atoms with van der Waals surface area (Å²) in [6.45, 7) is 5.59. The van der Waals surface area contributed by atoms with Crippen LogP contribution < -0.4 is 10.1 Å². The Labute approximate surface area is 165 Å². The maximum atomic E-state index is 5.95. The zero-order valence-corrected chi connectivity index (χ0v) is 16.5. The van der Waals surface area contributed by atoms with Gasteiger partial charge in [-0.1, -0.05) is 35.9 Å². The molecule has 0 saturated carbocycles. The number of hydrogen-bond donors (Lipinski definition) is 1. The van der Waals surface area contributed by atoms with Crippen LogP contribution in [0.1, 0.15) is 11.1 Å². The van der Waals surface area contributed by atoms with Crippen LogP contribution in [0.2, 0.25) is 5.02 Å². The molecule has 2 aromatic rings. The molecule has 0 amide bonds. The van der Waals surface area contributed by atoms with Crippen molar-refractivity contribution in [3.8, 4) is 5.75 Å². The average molecular weight is 390 g/mol. The third kappa shape index (κ3) is 5.34. The molecule has 3 rings (SSSR count). The number of piperazine rings is 1. The van der Waals surface area contributed by atoms with E-state index in [1.807, 2.05) is 24.3 Å². The van der Waals surface area contributed by atoms with E-state index in [4.69, 9.17) is 28.6 Å². The van der Waals surface area contributed by atoms with Crippen molar-refractivity contribution in [2.45, 2.75) is 13.1 Å². The van der Waals surface area contributed by atoms with Crippen LogP contribution in [-0.4, -0.2) is 48.2 Å². The minimum absolute atomic E-state index is 0.730. The quantitative estimate of drug-likeness (QED) is 0.789. The third-order valence-electron chi connectivity index (χ3n) is 4.58. The first-order chi connectivity index (χ1) is 12.6. The Kier molecular flexibility index (Phi) is 6.72. The number of hydrogen-bond acceptors (Lipinski definition) is 3. The summed E-state index contributed by atoms with van der Waals surface area (Å²) in [7, 11) is 1.68. The molecule has 0 aromatic heterocycles. The highest BCUT2D eigenvalue weighted by molar-refractivity contribution is 7.80. The third-order valence-corrected chi connectivity index (χ3v) is 5.24. The fourth-order valence-corrected chi connectivity index (χ4v) is 3.37. The topological polar surface area (TPSA) is 27.7 Å². The minimum atomic E-state index is 0.730. The molecule has 1 aliphatic heterocycles. The maximum Gasteiger partial charge on any atom is 0.169 e. The van der Waals surface area contributed by atoms with Gasteiger partial charge in [0.2, 0.25) is 0 Å². The highest BCUT2D eigenvalue weighted by Crippen LogP contribution is 2.14. The summed E-state index contributed by atoms with van der Waals surface area (Å²) in [6, 6.07) is 16.1. The van der Waals surface area contributed by atoms with Crippen LogP contribution in [0.25, 0.3) is 0 Å². The van der Waals surface area contributed by atoms with Gasteiger partial charge in [-0.3, -0.25) is 4.90 Å². The van der Waals surface area contributed by atoms with E-state index in [1.54, 1.807) is 7.11 Å². The molecule has 1 N–H and O–H groups in total. The van der Waals surface area contributed by atoms with Gasteiger partial charge in [-0.15, -0.1) is 0 Å². The summed E-state index contributed by atoms with van der Waals surface area (Å²) in [6.07, 6.45) is 0. The number of halogens is 1. The lowest BCUT2D eigenvalue weighted by Gasteiger charge is -2.36. The fourth-order valence-electron chi connectivity index (χ4n) is 2.99. The predicted molar refractivity (Wildman–Crippen MR) is 111 cm³/mol. The lowest BCUT2D eigenvalue weighted by atomic mass is 10.2. The SMILES string of the molecule is COc1ccc(CNC(=S)N2CCN(Cc3ccc(Cl)cc3)CC2)cc1. The van der Waals surface area contributed by atoms with Crippen LogP contribution in [0.4, 0.5) is 0 Å². The van der Waals surface area contributed by atoms with Crippen LogP contribution in [0.15, 0.2) is 48.5 Å². The second kappa shape index (κ2) is 9.21. The smallest absolute Gasteiger partial charge is 0.169 e. The van der Waals surface area contributed by atoms with Crippen LogP contribution in [0.5, 0.6) is 5.75 Å². The lowest BCUT2D eigenvalue weighted by molar-refractivity contribution is 0.174. The summed E-state index contributed by atoms with van der Waals surface area (Å²) in [5.41, 5.74) is 2.48. The Bertz CT molecular complexity index is 713. The molecule has 0 spiro atoms. The number of benzene rings is 2. The maximum absolute atomic E-state index is 5.95. The van der Waals surface area contributed by atoms with Gasteiger partial charge in [-0.25, -0.2) is 0 Å². The number of ether oxygens (including phenoxy) is 1. The van der Waals surface area contributed by atoms with Gasteiger partial charge in [-0.05, 0) is 47.6 Å². The lowest BCUT2D eigenvalue weighted by Crippen LogP contribution is -2.51. The fraction of sp³-hybridized carbons (Fsp3) is 0.350. The van der Waals surface area contributed by atoms with Crippen molar-refractivity contribution in [3.63, 3.8) is 0 Å². The van der Waals surface area contributed by atoms with Gasteiger partial charge >= 0.3 is 0 Å². The van der Waals surface area contributed by atoms with E-state index in [0.29, 0.717) is 0 Å². The molecule has 1 saturated heterocycles. The molecule has 0 aliphatic carbocycles. The zero-order valence-electron chi connectivity index (χ0n) is 15.0. The monoisotopic (exact) mass is 389 g/mol. The van der Waals surface area contributed by atoms with Crippen LogP contribution in [0.3, 0.4) is 0 Å². The van der Waals surface area contributed by atoms with E-state index < -0.39 is 0 Å². The summed E-state index contributed by atoms with van der Waals surface area (Å²) in [5.74, 6) is 0.869. The van der Waals surface area contributed by atoms with Crippen molar-refractivity contribution in [2.75, 3.05) is 33.3 Å². The van der Waals surface area contributed by atoms with Gasteiger partial charge in [0, 0.05) is 44.3 Å². The highest BCUT2D eigenvalue weighted by atomic mass is 35.5. The van der Waals surface area contributed by atoms with Crippen LogP contribution in [-0.2, 0) is 13.1 Å². The average Bonchev–Trinajstić information content (AvgIpc) is 2.69. The van der Waals surface area contributed by atoms with Gasteiger partial charge < -0.3 is 15.0 Å². The molecule has 1 fully saturated rings. The van der Waals surface area contributed by atoms with Gasteiger partial charge in [0.15, 0.2) is 5.11 Å². The normalized spacial score (nSPS) is 14.9. The standard InChI is InChI=1S/C20H24ClN3OS/c1-25-19-8-4-16(5-9-19)14-22-20(26)24-12-10-23(11-13-24)15-17-2-6-18(21)7-3-17/h2-9H,10-15H2,1H3,(H,22,26). The molecule has 0 unspecified atom stereocenters. The molecule has 0 atom stereocenters. The van der Waals surface area contributed by atoms with Crippen molar-refractivity contribution >= 4 is 28.9 Å². The Morgan fingerprint density at radius 2 is 1.62 bits per heavy atom. The molecule has 0 bridgehead atoms. The van der Waals surface area contributed by atoms with Crippen molar-refractivity contribution < 1.29 is 4.74 Å². The number of nitrogens with one attached hydrogen (secondary N) is 1. The first kappa shape index (κ1) is 19.0. The predicted octanol–water partition coefficient (Wildman–Crippen LogP) is 3.54. The molecule has 0 radical (unpaired) electrons. The Morgan fingerprint density at radius 1 is 1.00 bits per heavy atom. The van der Waals surface area contributed by atoms with E-state index in [1.165, 1.54) is 11.1 Å². The van der Waals surface area contributed by atoms with Crippen molar-refractivity contribution in [1.29, 1.82) is 0 Å². The summed E-state index contributed by atoms with van der Waals surface area (Å²) in [5, 5.41) is 4.97. The molecule has 4 nitrogen and oxygen atoms in total. The molecule has 1 aliphatic rings. The Balaban J connectivity index is 1.42. The Hall–Kier alpha value is -1.82. The molecule has 6 heteroatoms. The minimum Gasteiger partial charge on any atom is -0.497 e. The zero-order chi connectivity index (χ0) is 18.4. The van der Waals surface area contributed by atoms with E-state index in [2.05, 4.69) is 39.4 Å². The molecular weight excluding hydrogens is 366 g/mol. The van der Waals surface area contributed by atoms with Gasteiger partial charge in [-0.2, -0.15) is 0 Å². The summed E-state index contributed by atoms with van der Waals surface area (Å²) >= 11 is 11.5. The highest BCUT2D eigenvalue weighted by Gasteiger charge is 2.18. The first-order valence-corrected chi connectivity index (χ1v) is 9.55. The van der Waals surface area contributed by atoms with Gasteiger partial charge in [0.1, 0.15) is 5.75 Å². The molecular formula is C20H24ClN3OS. The number of nitrogens with zero attached hydrogens (tertiary/aromatic N) is 2. The van der Waals surface area contributed by atoms with Crippen molar-refractivity contribution in [2.24, 2.45) is 0 Å². The molecule has 26 heavy (non-hydrogen) atoms. The summed E-state index contributed by atoms with van der Waals surface area (Å²) in [4.78, 5) is 4.70. The van der Waals surface area contributed by atoms with Gasteiger partial charge in [0.25, 0.3) is 0 Å². The van der Waals surface area contributed by atoms with E-state index in [-0.39, 0.29) is 0 Å². The van der Waals surface area contributed by atoms with Crippen LogP contribution in [0, 0.1) is 0 Å². The Morgan fingerprint density at radius 3 is 2.23 bits per heavy atom. The largest absolute Gasteiger partial charge is 0.497 e. The van der Waals surface area contributed by atoms with E-state index in [0.717, 1.165) is 55.2 Å². The first-order valence-electron chi connectivity index (χ1n) is 8.76. The van der Waals surface area contributed by atoms with E-state index >= 15 is 0 Å². The molecule has 2 aromatic carbocycles.